The smallest absolute Gasteiger partial charge is 0.405 e. The second-order valence-electron chi connectivity index (χ2n) is 4.24. The number of hydrogen-bond donors (Lipinski definition) is 1. The first-order valence-electron chi connectivity index (χ1n) is 4.98. The SMILES string of the molecule is CC(C)(Cc1ncc([N+](=O)[O-])cc1Br)OC(N)=O. The molecule has 0 radical (unpaired) electrons. The van der Waals surface area contributed by atoms with Crippen LogP contribution in [0.1, 0.15) is 19.5 Å². The fourth-order valence-electron chi connectivity index (χ4n) is 1.40. The minimum atomic E-state index is -0.877. The van der Waals surface area contributed by atoms with E-state index < -0.39 is 16.6 Å². The van der Waals surface area contributed by atoms with Crippen LogP contribution < -0.4 is 5.73 Å². The number of primary amides is 1. The van der Waals surface area contributed by atoms with Gasteiger partial charge in [-0.15, -0.1) is 0 Å². The Kier molecular flexibility index (Phi) is 4.23. The molecule has 0 saturated carbocycles. The van der Waals surface area contributed by atoms with E-state index in [0.29, 0.717) is 10.2 Å². The Morgan fingerprint density at radius 2 is 2.28 bits per heavy atom. The molecule has 0 aliphatic heterocycles. The summed E-state index contributed by atoms with van der Waals surface area (Å²) in [5.41, 5.74) is 4.55. The van der Waals surface area contributed by atoms with Crippen molar-refractivity contribution in [2.24, 2.45) is 5.73 Å². The predicted octanol–water partition coefficient (Wildman–Crippen LogP) is 2.17. The molecule has 0 aliphatic carbocycles. The summed E-state index contributed by atoms with van der Waals surface area (Å²) in [5.74, 6) is 0. The highest BCUT2D eigenvalue weighted by Crippen LogP contribution is 2.25. The molecule has 2 N–H and O–H groups in total. The van der Waals surface area contributed by atoms with Crippen LogP contribution >= 0.6 is 15.9 Å². The lowest BCUT2D eigenvalue weighted by atomic mass is 10.0. The molecule has 1 aromatic heterocycles. The average molecular weight is 318 g/mol. The van der Waals surface area contributed by atoms with E-state index in [2.05, 4.69) is 20.9 Å². The van der Waals surface area contributed by atoms with E-state index in [0.717, 1.165) is 6.20 Å². The lowest BCUT2D eigenvalue weighted by Gasteiger charge is -2.23. The van der Waals surface area contributed by atoms with Crippen molar-refractivity contribution in [3.8, 4) is 0 Å². The third kappa shape index (κ3) is 3.95. The molecule has 98 valence electrons. The second-order valence-corrected chi connectivity index (χ2v) is 5.09. The summed E-state index contributed by atoms with van der Waals surface area (Å²) < 4.78 is 5.40. The van der Waals surface area contributed by atoms with Gasteiger partial charge >= 0.3 is 6.09 Å². The first kappa shape index (κ1) is 14.4. The van der Waals surface area contributed by atoms with E-state index in [1.807, 2.05) is 0 Å². The van der Waals surface area contributed by atoms with Gasteiger partial charge in [0.1, 0.15) is 11.8 Å². The molecule has 1 rings (SSSR count). The van der Waals surface area contributed by atoms with Crippen LogP contribution in [0.2, 0.25) is 0 Å². The normalized spacial score (nSPS) is 11.1. The van der Waals surface area contributed by atoms with Crippen molar-refractivity contribution < 1.29 is 14.5 Å². The van der Waals surface area contributed by atoms with Crippen LogP contribution in [0, 0.1) is 10.1 Å². The monoisotopic (exact) mass is 317 g/mol. The number of nitrogens with two attached hydrogens (primary N) is 1. The number of aromatic nitrogens is 1. The van der Waals surface area contributed by atoms with Crippen LogP contribution in [0.25, 0.3) is 0 Å². The number of rotatable bonds is 4. The van der Waals surface area contributed by atoms with Gasteiger partial charge in [0.25, 0.3) is 5.69 Å². The number of carbonyl (C=O) groups excluding carboxylic acids is 1. The molecule has 18 heavy (non-hydrogen) atoms. The Labute approximate surface area is 112 Å². The molecular formula is C10H12BrN3O4. The Balaban J connectivity index is 2.92. The van der Waals surface area contributed by atoms with Gasteiger partial charge in [0.2, 0.25) is 0 Å². The van der Waals surface area contributed by atoms with Gasteiger partial charge in [-0.25, -0.2) is 4.79 Å². The number of ether oxygens (including phenoxy) is 1. The van der Waals surface area contributed by atoms with E-state index in [1.165, 1.54) is 6.07 Å². The van der Waals surface area contributed by atoms with Crippen molar-refractivity contribution in [3.63, 3.8) is 0 Å². The highest BCUT2D eigenvalue weighted by molar-refractivity contribution is 9.10. The minimum absolute atomic E-state index is 0.112. The van der Waals surface area contributed by atoms with Gasteiger partial charge in [-0.1, -0.05) is 0 Å². The van der Waals surface area contributed by atoms with Gasteiger partial charge < -0.3 is 10.5 Å². The number of carbonyl (C=O) groups is 1. The third-order valence-electron chi connectivity index (χ3n) is 2.08. The van der Waals surface area contributed by atoms with Crippen LogP contribution in [0.15, 0.2) is 16.7 Å². The van der Waals surface area contributed by atoms with Crippen molar-refractivity contribution in [1.82, 2.24) is 4.98 Å². The van der Waals surface area contributed by atoms with Crippen molar-refractivity contribution in [3.05, 3.63) is 32.5 Å². The second kappa shape index (κ2) is 5.30. The Hall–Kier alpha value is -1.70. The van der Waals surface area contributed by atoms with Crippen LogP contribution in [0.3, 0.4) is 0 Å². The summed E-state index contributed by atoms with van der Waals surface area (Å²) in [6.45, 7) is 3.35. The Bertz CT molecular complexity index is 490. The maximum atomic E-state index is 10.7. The predicted molar refractivity (Wildman–Crippen MR) is 67.0 cm³/mol. The Morgan fingerprint density at radius 3 is 2.72 bits per heavy atom. The number of hydrogen-bond acceptors (Lipinski definition) is 5. The molecule has 0 saturated heterocycles. The number of nitro groups is 1. The minimum Gasteiger partial charge on any atom is -0.443 e. The molecule has 0 atom stereocenters. The summed E-state index contributed by atoms with van der Waals surface area (Å²) >= 11 is 3.20. The summed E-state index contributed by atoms with van der Waals surface area (Å²) in [4.78, 5) is 24.7. The summed E-state index contributed by atoms with van der Waals surface area (Å²) in [7, 11) is 0. The van der Waals surface area contributed by atoms with Crippen LogP contribution in [-0.4, -0.2) is 21.6 Å². The summed E-state index contributed by atoms with van der Waals surface area (Å²) in [6, 6.07) is 1.35. The molecule has 1 aromatic rings. The molecule has 1 amide bonds. The molecule has 0 aliphatic rings. The van der Waals surface area contributed by atoms with E-state index in [4.69, 9.17) is 10.5 Å². The fraction of sp³-hybridized carbons (Fsp3) is 0.400. The largest absolute Gasteiger partial charge is 0.443 e. The molecule has 1 heterocycles. The highest BCUT2D eigenvalue weighted by atomic mass is 79.9. The quantitative estimate of drug-likeness (QED) is 0.676. The van der Waals surface area contributed by atoms with E-state index in [-0.39, 0.29) is 12.1 Å². The molecule has 8 heteroatoms. The molecule has 7 nitrogen and oxygen atoms in total. The van der Waals surface area contributed by atoms with E-state index in [1.54, 1.807) is 13.8 Å². The Morgan fingerprint density at radius 1 is 1.67 bits per heavy atom. The average Bonchev–Trinajstić information content (AvgIpc) is 2.18. The first-order chi connectivity index (χ1) is 8.21. The zero-order chi connectivity index (χ0) is 13.9. The first-order valence-corrected chi connectivity index (χ1v) is 5.78. The van der Waals surface area contributed by atoms with Gasteiger partial charge in [-0.05, 0) is 29.8 Å². The number of halogens is 1. The van der Waals surface area contributed by atoms with Crippen LogP contribution in [0.5, 0.6) is 0 Å². The van der Waals surface area contributed by atoms with Gasteiger partial charge in [0.05, 0.1) is 10.6 Å². The van der Waals surface area contributed by atoms with Gasteiger partial charge in [0, 0.05) is 17.0 Å². The zero-order valence-corrected chi connectivity index (χ0v) is 11.4. The molecular weight excluding hydrogens is 306 g/mol. The van der Waals surface area contributed by atoms with Gasteiger partial charge in [-0.3, -0.25) is 15.1 Å². The molecule has 0 unspecified atom stereocenters. The van der Waals surface area contributed by atoms with Gasteiger partial charge in [0.15, 0.2) is 0 Å². The fourth-order valence-corrected chi connectivity index (χ4v) is 1.87. The lowest BCUT2D eigenvalue weighted by molar-refractivity contribution is -0.385. The zero-order valence-electron chi connectivity index (χ0n) is 9.84. The molecule has 0 bridgehead atoms. The third-order valence-corrected chi connectivity index (χ3v) is 2.77. The molecule has 0 aromatic carbocycles. The van der Waals surface area contributed by atoms with E-state index >= 15 is 0 Å². The highest BCUT2D eigenvalue weighted by Gasteiger charge is 2.25. The summed E-state index contributed by atoms with van der Waals surface area (Å²) in [5, 5.41) is 10.6. The van der Waals surface area contributed by atoms with Crippen molar-refractivity contribution in [2.45, 2.75) is 25.9 Å². The summed E-state index contributed by atoms with van der Waals surface area (Å²) in [6.07, 6.45) is 0.563. The topological polar surface area (TPSA) is 108 Å². The van der Waals surface area contributed by atoms with Crippen LogP contribution in [0.4, 0.5) is 10.5 Å². The molecule has 0 spiro atoms. The van der Waals surface area contributed by atoms with Gasteiger partial charge in [-0.2, -0.15) is 0 Å². The number of nitrogens with zero attached hydrogens (tertiary/aromatic N) is 2. The van der Waals surface area contributed by atoms with Crippen molar-refractivity contribution in [1.29, 1.82) is 0 Å². The maximum absolute atomic E-state index is 10.7. The molecule has 0 fully saturated rings. The maximum Gasteiger partial charge on any atom is 0.405 e. The number of amides is 1. The lowest BCUT2D eigenvalue weighted by Crippen LogP contribution is -2.33. The standard InChI is InChI=1S/C10H12BrN3O4/c1-10(2,18-9(12)15)4-8-7(11)3-6(5-13-8)14(16)17/h3,5H,4H2,1-2H3,(H2,12,15). The van der Waals surface area contributed by atoms with E-state index in [9.17, 15) is 14.9 Å². The van der Waals surface area contributed by atoms with Crippen molar-refractivity contribution >= 4 is 27.7 Å². The number of pyridine rings is 1. The van der Waals surface area contributed by atoms with Crippen LogP contribution in [-0.2, 0) is 11.2 Å². The van der Waals surface area contributed by atoms with Crippen molar-refractivity contribution in [2.75, 3.05) is 0 Å².